The molecule has 0 saturated heterocycles. The molecule has 2 rings (SSSR count). The Hall–Kier alpha value is -1.14. The minimum atomic E-state index is -3.10. The van der Waals surface area contributed by atoms with Gasteiger partial charge in [-0.3, -0.25) is 4.79 Å². The minimum absolute atomic E-state index is 0.0444. The molecule has 2 atom stereocenters. The lowest BCUT2D eigenvalue weighted by molar-refractivity contribution is 0.0928. The summed E-state index contributed by atoms with van der Waals surface area (Å²) in [7, 11) is -3.10. The first-order valence-corrected chi connectivity index (χ1v) is 9.05. The average Bonchev–Trinajstić information content (AvgIpc) is 2.37. The molecule has 1 aliphatic carbocycles. The number of benzene rings is 1. The molecule has 1 fully saturated rings. The number of hydrogen-bond acceptors (Lipinski definition) is 3. The van der Waals surface area contributed by atoms with Gasteiger partial charge in [-0.1, -0.05) is 18.0 Å². The van der Waals surface area contributed by atoms with Crippen molar-refractivity contribution in [1.29, 1.82) is 0 Å². The summed E-state index contributed by atoms with van der Waals surface area (Å²) < 4.78 is 36.2. The molecule has 1 aromatic rings. The molecule has 0 aliphatic heterocycles. The number of rotatable bonds is 3. The second-order valence-electron chi connectivity index (χ2n) is 5.41. The van der Waals surface area contributed by atoms with Crippen molar-refractivity contribution in [3.8, 4) is 0 Å². The number of nitrogens with one attached hydrogen (secondary N) is 1. The van der Waals surface area contributed by atoms with Gasteiger partial charge in [0, 0.05) is 12.3 Å². The van der Waals surface area contributed by atoms with Crippen molar-refractivity contribution in [3.05, 3.63) is 34.6 Å². The van der Waals surface area contributed by atoms with Gasteiger partial charge in [0.15, 0.2) is 0 Å². The fourth-order valence-corrected chi connectivity index (χ4v) is 4.03. The molecule has 7 heteroatoms. The Morgan fingerprint density at radius 1 is 1.38 bits per heavy atom. The van der Waals surface area contributed by atoms with Gasteiger partial charge in [0.05, 0.1) is 15.8 Å². The molecule has 0 radical (unpaired) electrons. The number of sulfone groups is 1. The first-order valence-electron chi connectivity index (χ1n) is 6.72. The van der Waals surface area contributed by atoms with Gasteiger partial charge in [-0.05, 0) is 37.5 Å². The van der Waals surface area contributed by atoms with Crippen LogP contribution in [0.3, 0.4) is 0 Å². The maximum absolute atomic E-state index is 13.0. The van der Waals surface area contributed by atoms with Gasteiger partial charge in [0.1, 0.15) is 15.7 Å². The van der Waals surface area contributed by atoms with Crippen LogP contribution in [-0.2, 0) is 9.84 Å². The van der Waals surface area contributed by atoms with Gasteiger partial charge >= 0.3 is 0 Å². The third kappa shape index (κ3) is 4.17. The molecule has 0 spiro atoms. The van der Waals surface area contributed by atoms with Crippen LogP contribution in [0, 0.1) is 5.82 Å². The molecule has 21 heavy (non-hydrogen) atoms. The Bertz CT molecular complexity index is 648. The van der Waals surface area contributed by atoms with Crippen LogP contribution in [-0.4, -0.2) is 31.9 Å². The molecular formula is C14H17ClFNO3S. The molecule has 116 valence electrons. The summed E-state index contributed by atoms with van der Waals surface area (Å²) >= 11 is 5.85. The Morgan fingerprint density at radius 3 is 2.71 bits per heavy atom. The van der Waals surface area contributed by atoms with E-state index in [-0.39, 0.29) is 16.6 Å². The quantitative estimate of drug-likeness (QED) is 0.924. The topological polar surface area (TPSA) is 63.2 Å². The summed E-state index contributed by atoms with van der Waals surface area (Å²) in [5, 5.41) is 2.42. The average molecular weight is 334 g/mol. The lowest BCUT2D eigenvalue weighted by Crippen LogP contribution is -2.41. The lowest BCUT2D eigenvalue weighted by atomic mass is 9.94. The van der Waals surface area contributed by atoms with E-state index in [1.807, 2.05) is 0 Å². The summed E-state index contributed by atoms with van der Waals surface area (Å²) in [4.78, 5) is 12.1. The van der Waals surface area contributed by atoms with Crippen molar-refractivity contribution in [2.75, 3.05) is 6.26 Å². The third-order valence-corrected chi connectivity index (χ3v) is 5.69. The number of carbonyl (C=O) groups excluding carboxylic acids is 1. The van der Waals surface area contributed by atoms with E-state index in [2.05, 4.69) is 5.32 Å². The van der Waals surface area contributed by atoms with Crippen molar-refractivity contribution in [2.45, 2.75) is 37.0 Å². The predicted octanol–water partition coefficient (Wildman–Crippen LogP) is 2.56. The van der Waals surface area contributed by atoms with Crippen LogP contribution in [0.4, 0.5) is 4.39 Å². The van der Waals surface area contributed by atoms with E-state index in [1.165, 1.54) is 18.4 Å². The van der Waals surface area contributed by atoms with Crippen LogP contribution in [0.25, 0.3) is 0 Å². The van der Waals surface area contributed by atoms with Gasteiger partial charge in [-0.15, -0.1) is 0 Å². The first kappa shape index (κ1) is 16.2. The molecule has 0 heterocycles. The third-order valence-electron chi connectivity index (χ3n) is 3.74. The summed E-state index contributed by atoms with van der Waals surface area (Å²) in [6.45, 7) is 0. The smallest absolute Gasteiger partial charge is 0.253 e. The van der Waals surface area contributed by atoms with Crippen LogP contribution in [0.1, 0.15) is 36.0 Å². The van der Waals surface area contributed by atoms with E-state index in [0.29, 0.717) is 12.8 Å². The summed E-state index contributed by atoms with van der Waals surface area (Å²) in [5.41, 5.74) is 0.194. The van der Waals surface area contributed by atoms with Crippen molar-refractivity contribution >= 4 is 27.3 Å². The summed E-state index contributed by atoms with van der Waals surface area (Å²) in [6, 6.07) is 3.37. The second-order valence-corrected chi connectivity index (χ2v) is 8.15. The molecule has 1 N–H and O–H groups in total. The highest BCUT2D eigenvalue weighted by molar-refractivity contribution is 7.91. The van der Waals surface area contributed by atoms with Crippen LogP contribution in [0.15, 0.2) is 18.2 Å². The monoisotopic (exact) mass is 333 g/mol. The van der Waals surface area contributed by atoms with Crippen LogP contribution in [0.2, 0.25) is 5.02 Å². The largest absolute Gasteiger partial charge is 0.349 e. The van der Waals surface area contributed by atoms with E-state index >= 15 is 0 Å². The van der Waals surface area contributed by atoms with Gasteiger partial charge < -0.3 is 5.32 Å². The number of carbonyl (C=O) groups is 1. The molecule has 4 nitrogen and oxygen atoms in total. The molecular weight excluding hydrogens is 317 g/mol. The number of hydrogen-bond donors (Lipinski definition) is 1. The molecule has 1 amide bonds. The van der Waals surface area contributed by atoms with E-state index in [9.17, 15) is 17.6 Å². The highest BCUT2D eigenvalue weighted by atomic mass is 35.5. The summed E-state index contributed by atoms with van der Waals surface area (Å²) in [5.74, 6) is -0.912. The number of halogens is 2. The maximum Gasteiger partial charge on any atom is 0.253 e. The predicted molar refractivity (Wildman–Crippen MR) is 79.8 cm³/mol. The molecule has 2 unspecified atom stereocenters. The van der Waals surface area contributed by atoms with E-state index in [4.69, 9.17) is 11.6 Å². The van der Waals surface area contributed by atoms with Gasteiger partial charge in [-0.2, -0.15) is 0 Å². The van der Waals surface area contributed by atoms with Gasteiger partial charge in [0.25, 0.3) is 5.91 Å². The summed E-state index contributed by atoms with van der Waals surface area (Å²) in [6.07, 6.45) is 3.74. The van der Waals surface area contributed by atoms with Crippen LogP contribution >= 0.6 is 11.6 Å². The zero-order chi connectivity index (χ0) is 15.6. The van der Waals surface area contributed by atoms with Crippen LogP contribution < -0.4 is 5.32 Å². The van der Waals surface area contributed by atoms with Gasteiger partial charge in [0.2, 0.25) is 0 Å². The van der Waals surface area contributed by atoms with Crippen molar-refractivity contribution in [3.63, 3.8) is 0 Å². The SMILES string of the molecule is CS(=O)(=O)C1CCCC(NC(=O)c2ccc(F)cc2Cl)C1. The first-order chi connectivity index (χ1) is 9.77. The van der Waals surface area contributed by atoms with Crippen molar-refractivity contribution in [2.24, 2.45) is 0 Å². The zero-order valence-corrected chi connectivity index (χ0v) is 13.2. The molecule has 1 aromatic carbocycles. The van der Waals surface area contributed by atoms with Crippen LogP contribution in [0.5, 0.6) is 0 Å². The highest BCUT2D eigenvalue weighted by Crippen LogP contribution is 2.25. The highest BCUT2D eigenvalue weighted by Gasteiger charge is 2.30. The van der Waals surface area contributed by atoms with E-state index < -0.39 is 26.8 Å². The number of amides is 1. The van der Waals surface area contributed by atoms with Crippen molar-refractivity contribution in [1.82, 2.24) is 5.32 Å². The Morgan fingerprint density at radius 2 is 2.10 bits per heavy atom. The van der Waals surface area contributed by atoms with Gasteiger partial charge in [-0.25, -0.2) is 12.8 Å². The van der Waals surface area contributed by atoms with Crippen molar-refractivity contribution < 1.29 is 17.6 Å². The maximum atomic E-state index is 13.0. The van der Waals surface area contributed by atoms with E-state index in [0.717, 1.165) is 18.9 Å². The molecule has 0 aromatic heterocycles. The molecule has 1 saturated carbocycles. The fourth-order valence-electron chi connectivity index (χ4n) is 2.60. The Balaban J connectivity index is 2.05. The molecule has 1 aliphatic rings. The Kier molecular flexibility index (Phi) is 4.88. The Labute approximate surface area is 128 Å². The molecule has 0 bridgehead atoms. The normalized spacial score (nSPS) is 22.8. The fraction of sp³-hybridized carbons (Fsp3) is 0.500. The second kappa shape index (κ2) is 6.32. The zero-order valence-electron chi connectivity index (χ0n) is 11.6. The standard InChI is InChI=1S/C14H17ClFNO3S/c1-21(19,20)11-4-2-3-10(8-11)17-14(18)12-6-5-9(16)7-13(12)15/h5-7,10-11H,2-4,8H2,1H3,(H,17,18). The lowest BCUT2D eigenvalue weighted by Gasteiger charge is -2.28. The van der Waals surface area contributed by atoms with E-state index in [1.54, 1.807) is 0 Å². The minimum Gasteiger partial charge on any atom is -0.349 e.